The van der Waals surface area contributed by atoms with E-state index < -0.39 is 0 Å². The molecule has 0 aliphatic carbocycles. The van der Waals surface area contributed by atoms with E-state index in [1.54, 1.807) is 0 Å². The number of carbonyl (C=O) groups is 1. The fraction of sp³-hybridized carbons (Fsp3) is 0.385. The smallest absolute Gasteiger partial charge is 0.306 e. The molecule has 0 fully saturated rings. The second kappa shape index (κ2) is 6.23. The molecule has 0 amide bonds. The summed E-state index contributed by atoms with van der Waals surface area (Å²) in [5.41, 5.74) is 1.89. The first-order valence-electron chi connectivity index (χ1n) is 5.29. The molecule has 0 heterocycles. The van der Waals surface area contributed by atoms with Crippen molar-refractivity contribution >= 4 is 5.97 Å². The van der Waals surface area contributed by atoms with Gasteiger partial charge in [-0.25, -0.2) is 0 Å². The van der Waals surface area contributed by atoms with Crippen molar-refractivity contribution in [2.75, 3.05) is 0 Å². The third kappa shape index (κ3) is 4.15. The first kappa shape index (κ1) is 11.8. The van der Waals surface area contributed by atoms with Gasteiger partial charge in [0, 0.05) is 6.42 Å². The van der Waals surface area contributed by atoms with Gasteiger partial charge in [0.15, 0.2) is 0 Å². The normalized spacial score (nSPS) is 10.0. The third-order valence-electron chi connectivity index (χ3n) is 2.24. The fourth-order valence-corrected chi connectivity index (χ4v) is 1.25. The van der Waals surface area contributed by atoms with Crippen LogP contribution in [-0.2, 0) is 16.1 Å². The van der Waals surface area contributed by atoms with E-state index in [0.29, 0.717) is 13.0 Å². The molecule has 15 heavy (non-hydrogen) atoms. The van der Waals surface area contributed by atoms with Gasteiger partial charge in [-0.3, -0.25) is 4.79 Å². The number of ether oxygens (including phenoxy) is 1. The first-order chi connectivity index (χ1) is 7.24. The molecule has 1 aromatic carbocycles. The van der Waals surface area contributed by atoms with Crippen molar-refractivity contribution in [3.8, 4) is 0 Å². The summed E-state index contributed by atoms with van der Waals surface area (Å²) in [5.74, 6) is -0.125. The van der Waals surface area contributed by atoms with Crippen LogP contribution in [0.15, 0.2) is 24.3 Å². The van der Waals surface area contributed by atoms with E-state index in [1.807, 2.05) is 24.3 Å². The van der Waals surface area contributed by atoms with Crippen molar-refractivity contribution in [3.05, 3.63) is 42.3 Å². The SMILES string of the molecule is [CH2]c1ccccc1COC(=O)CCCC. The maximum Gasteiger partial charge on any atom is 0.306 e. The van der Waals surface area contributed by atoms with Crippen LogP contribution in [0.1, 0.15) is 37.3 Å². The Kier molecular flexibility index (Phi) is 4.88. The van der Waals surface area contributed by atoms with Gasteiger partial charge in [-0.15, -0.1) is 0 Å². The van der Waals surface area contributed by atoms with Gasteiger partial charge in [0.25, 0.3) is 0 Å². The highest BCUT2D eigenvalue weighted by atomic mass is 16.5. The van der Waals surface area contributed by atoms with E-state index in [-0.39, 0.29) is 5.97 Å². The summed E-state index contributed by atoms with van der Waals surface area (Å²) >= 11 is 0. The topological polar surface area (TPSA) is 26.3 Å². The van der Waals surface area contributed by atoms with Crippen LogP contribution in [0.3, 0.4) is 0 Å². The van der Waals surface area contributed by atoms with Crippen LogP contribution in [-0.4, -0.2) is 5.97 Å². The zero-order chi connectivity index (χ0) is 11.1. The number of benzene rings is 1. The van der Waals surface area contributed by atoms with Crippen LogP contribution in [0.4, 0.5) is 0 Å². The highest BCUT2D eigenvalue weighted by Gasteiger charge is 2.03. The molecule has 0 N–H and O–H groups in total. The number of unbranched alkanes of at least 4 members (excludes halogenated alkanes) is 1. The van der Waals surface area contributed by atoms with Gasteiger partial charge >= 0.3 is 5.97 Å². The molecule has 1 radical (unpaired) electrons. The molecule has 0 bridgehead atoms. The van der Waals surface area contributed by atoms with Gasteiger partial charge in [-0.2, -0.15) is 0 Å². The summed E-state index contributed by atoms with van der Waals surface area (Å²) in [7, 11) is 0. The predicted molar refractivity (Wildman–Crippen MR) is 60.2 cm³/mol. The minimum atomic E-state index is -0.125. The van der Waals surface area contributed by atoms with Crippen molar-refractivity contribution in [2.24, 2.45) is 0 Å². The van der Waals surface area contributed by atoms with Gasteiger partial charge in [0.2, 0.25) is 0 Å². The Morgan fingerprint density at radius 3 is 2.80 bits per heavy atom. The quantitative estimate of drug-likeness (QED) is 0.690. The number of esters is 1. The molecule has 0 saturated heterocycles. The molecule has 81 valence electrons. The third-order valence-corrected chi connectivity index (χ3v) is 2.24. The van der Waals surface area contributed by atoms with Gasteiger partial charge in [-0.05, 0) is 24.5 Å². The monoisotopic (exact) mass is 205 g/mol. The van der Waals surface area contributed by atoms with E-state index in [2.05, 4.69) is 13.8 Å². The lowest BCUT2D eigenvalue weighted by Gasteiger charge is -2.06. The van der Waals surface area contributed by atoms with E-state index in [0.717, 1.165) is 24.0 Å². The Morgan fingerprint density at radius 2 is 2.13 bits per heavy atom. The molecule has 0 saturated carbocycles. The lowest BCUT2D eigenvalue weighted by Crippen LogP contribution is -2.04. The Bertz CT molecular complexity index is 318. The van der Waals surface area contributed by atoms with Crippen molar-refractivity contribution in [1.82, 2.24) is 0 Å². The molecule has 0 spiro atoms. The zero-order valence-electron chi connectivity index (χ0n) is 9.16. The van der Waals surface area contributed by atoms with Crippen LogP contribution in [0.25, 0.3) is 0 Å². The fourth-order valence-electron chi connectivity index (χ4n) is 1.25. The molecule has 1 aromatic rings. The lowest BCUT2D eigenvalue weighted by atomic mass is 10.1. The van der Waals surface area contributed by atoms with Gasteiger partial charge in [0.05, 0.1) is 0 Å². The molecular formula is C13H17O2. The largest absolute Gasteiger partial charge is 0.461 e. The second-order valence-electron chi connectivity index (χ2n) is 3.53. The van der Waals surface area contributed by atoms with Crippen LogP contribution in [0.5, 0.6) is 0 Å². The van der Waals surface area contributed by atoms with Gasteiger partial charge in [0.1, 0.15) is 6.61 Å². The summed E-state index contributed by atoms with van der Waals surface area (Å²) in [4.78, 5) is 11.2. The number of carbonyl (C=O) groups excluding carboxylic acids is 1. The maximum atomic E-state index is 11.2. The second-order valence-corrected chi connectivity index (χ2v) is 3.53. The minimum Gasteiger partial charge on any atom is -0.461 e. The van der Waals surface area contributed by atoms with E-state index in [4.69, 9.17) is 4.74 Å². The van der Waals surface area contributed by atoms with Crippen molar-refractivity contribution in [3.63, 3.8) is 0 Å². The van der Waals surface area contributed by atoms with E-state index in [1.165, 1.54) is 0 Å². The van der Waals surface area contributed by atoms with Gasteiger partial charge < -0.3 is 4.74 Å². The standard InChI is InChI=1S/C13H17O2/c1-3-4-9-13(14)15-10-12-8-6-5-7-11(12)2/h5-8H,2-4,9-10H2,1H3. The summed E-state index contributed by atoms with van der Waals surface area (Å²) in [6.45, 7) is 6.26. The average molecular weight is 205 g/mol. The predicted octanol–water partition coefficient (Wildman–Crippen LogP) is 3.10. The molecule has 0 aromatic heterocycles. The number of rotatable bonds is 5. The molecule has 0 unspecified atom stereocenters. The van der Waals surface area contributed by atoms with Crippen molar-refractivity contribution in [1.29, 1.82) is 0 Å². The van der Waals surface area contributed by atoms with Crippen LogP contribution < -0.4 is 0 Å². The van der Waals surface area contributed by atoms with Gasteiger partial charge in [-0.1, -0.05) is 37.6 Å². The Hall–Kier alpha value is -1.31. The zero-order valence-corrected chi connectivity index (χ0v) is 9.16. The Balaban J connectivity index is 2.37. The number of hydrogen-bond acceptors (Lipinski definition) is 2. The summed E-state index contributed by atoms with van der Waals surface area (Å²) in [6.07, 6.45) is 2.42. The summed E-state index contributed by atoms with van der Waals surface area (Å²) in [5, 5.41) is 0. The van der Waals surface area contributed by atoms with Crippen LogP contribution >= 0.6 is 0 Å². The Morgan fingerprint density at radius 1 is 1.40 bits per heavy atom. The molecule has 0 aliphatic heterocycles. The van der Waals surface area contributed by atoms with Crippen molar-refractivity contribution < 1.29 is 9.53 Å². The molecule has 2 heteroatoms. The van der Waals surface area contributed by atoms with Crippen LogP contribution in [0.2, 0.25) is 0 Å². The van der Waals surface area contributed by atoms with E-state index in [9.17, 15) is 4.79 Å². The lowest BCUT2D eigenvalue weighted by molar-refractivity contribution is -0.145. The molecule has 0 atom stereocenters. The summed E-state index contributed by atoms with van der Waals surface area (Å²) < 4.78 is 5.13. The van der Waals surface area contributed by atoms with Crippen LogP contribution in [0, 0.1) is 6.92 Å². The molecular weight excluding hydrogens is 188 g/mol. The molecule has 1 rings (SSSR count). The minimum absolute atomic E-state index is 0.125. The van der Waals surface area contributed by atoms with E-state index >= 15 is 0 Å². The maximum absolute atomic E-state index is 11.2. The average Bonchev–Trinajstić information content (AvgIpc) is 2.25. The number of hydrogen-bond donors (Lipinski definition) is 0. The van der Waals surface area contributed by atoms with Crippen molar-refractivity contribution in [2.45, 2.75) is 32.8 Å². The highest BCUT2D eigenvalue weighted by molar-refractivity contribution is 5.69. The summed E-state index contributed by atoms with van der Waals surface area (Å²) in [6, 6.07) is 7.68. The molecule has 0 aliphatic rings. The molecule has 2 nitrogen and oxygen atoms in total. The first-order valence-corrected chi connectivity index (χ1v) is 5.29. The highest BCUT2D eigenvalue weighted by Crippen LogP contribution is 2.09. The Labute approximate surface area is 91.3 Å².